The lowest BCUT2D eigenvalue weighted by molar-refractivity contribution is 0.0456. The lowest BCUT2D eigenvalue weighted by Gasteiger charge is -2.06. The Hall–Kier alpha value is -1.75. The van der Waals surface area contributed by atoms with Crippen molar-refractivity contribution in [2.45, 2.75) is 0 Å². The fraction of sp³-hybridized carbons (Fsp3) is 0.118. The van der Waals surface area contributed by atoms with Crippen LogP contribution in [-0.2, 0) is 4.74 Å². The van der Waals surface area contributed by atoms with Crippen LogP contribution < -0.4 is 4.74 Å². The third-order valence-corrected chi connectivity index (χ3v) is 4.77. The lowest BCUT2D eigenvalue weighted by Crippen LogP contribution is -2.11. The molecule has 0 aliphatic rings. The second kappa shape index (κ2) is 7.21. The third-order valence-electron chi connectivity index (χ3n) is 3.11. The van der Waals surface area contributed by atoms with Gasteiger partial charge in [0.25, 0.3) is 0 Å². The highest BCUT2D eigenvalue weighted by molar-refractivity contribution is 7.20. The van der Waals surface area contributed by atoms with Crippen LogP contribution in [0.1, 0.15) is 9.67 Å². The van der Waals surface area contributed by atoms with E-state index >= 15 is 0 Å². The lowest BCUT2D eigenvalue weighted by atomic mass is 10.2. The van der Waals surface area contributed by atoms with Crippen molar-refractivity contribution in [2.75, 3.05) is 13.2 Å². The predicted molar refractivity (Wildman–Crippen MR) is 94.1 cm³/mol. The second-order valence-electron chi connectivity index (χ2n) is 4.70. The largest absolute Gasteiger partial charge is 0.490 e. The SMILES string of the molecule is O=C(OCCOc1ccc(Cl)cc1)c1cc2c(Cl)cccc2s1. The Bertz CT molecular complexity index is 827. The number of halogens is 2. The van der Waals surface area contributed by atoms with Crippen molar-refractivity contribution in [3.05, 3.63) is 63.5 Å². The van der Waals surface area contributed by atoms with Gasteiger partial charge in [0.15, 0.2) is 0 Å². The van der Waals surface area contributed by atoms with Gasteiger partial charge >= 0.3 is 5.97 Å². The first-order chi connectivity index (χ1) is 11.1. The Labute approximate surface area is 147 Å². The van der Waals surface area contributed by atoms with E-state index in [1.165, 1.54) is 11.3 Å². The van der Waals surface area contributed by atoms with Gasteiger partial charge in [0.2, 0.25) is 0 Å². The summed E-state index contributed by atoms with van der Waals surface area (Å²) in [5, 5.41) is 2.14. The molecule has 0 saturated carbocycles. The molecule has 0 bridgehead atoms. The Kier molecular flexibility index (Phi) is 5.06. The van der Waals surface area contributed by atoms with Crippen molar-refractivity contribution >= 4 is 50.6 Å². The van der Waals surface area contributed by atoms with Gasteiger partial charge in [-0.05, 0) is 42.5 Å². The number of fused-ring (bicyclic) bond motifs is 1. The number of rotatable bonds is 5. The van der Waals surface area contributed by atoms with Crippen LogP contribution in [-0.4, -0.2) is 19.2 Å². The standard InChI is InChI=1S/C17H12Cl2O3S/c18-11-4-6-12(7-5-11)21-8-9-22-17(20)16-10-13-14(19)2-1-3-15(13)23-16/h1-7,10H,8-9H2. The molecule has 0 fully saturated rings. The second-order valence-corrected chi connectivity index (χ2v) is 6.63. The summed E-state index contributed by atoms with van der Waals surface area (Å²) in [4.78, 5) is 12.6. The fourth-order valence-electron chi connectivity index (χ4n) is 2.02. The molecule has 6 heteroatoms. The Morgan fingerprint density at radius 1 is 1.04 bits per heavy atom. The molecular weight excluding hydrogens is 355 g/mol. The molecule has 0 atom stereocenters. The van der Waals surface area contributed by atoms with Gasteiger partial charge in [-0.3, -0.25) is 0 Å². The zero-order valence-corrected chi connectivity index (χ0v) is 14.3. The molecular formula is C17H12Cl2O3S. The average Bonchev–Trinajstić information content (AvgIpc) is 2.99. The van der Waals surface area contributed by atoms with Gasteiger partial charge < -0.3 is 9.47 Å². The van der Waals surface area contributed by atoms with Crippen LogP contribution in [0.4, 0.5) is 0 Å². The molecule has 0 unspecified atom stereocenters. The maximum Gasteiger partial charge on any atom is 0.348 e. The van der Waals surface area contributed by atoms with E-state index in [2.05, 4.69) is 0 Å². The van der Waals surface area contributed by atoms with Gasteiger partial charge in [0.05, 0.1) is 0 Å². The molecule has 118 valence electrons. The number of ether oxygens (including phenoxy) is 2. The van der Waals surface area contributed by atoms with Crippen molar-refractivity contribution < 1.29 is 14.3 Å². The van der Waals surface area contributed by atoms with E-state index < -0.39 is 0 Å². The molecule has 2 aromatic carbocycles. The van der Waals surface area contributed by atoms with Crippen molar-refractivity contribution in [3.8, 4) is 5.75 Å². The molecule has 1 heterocycles. The summed E-state index contributed by atoms with van der Waals surface area (Å²) >= 11 is 13.3. The van der Waals surface area contributed by atoms with Crippen LogP contribution in [0.15, 0.2) is 48.5 Å². The first-order valence-electron chi connectivity index (χ1n) is 6.87. The van der Waals surface area contributed by atoms with Crippen LogP contribution >= 0.6 is 34.5 Å². The molecule has 3 aromatic rings. The number of carbonyl (C=O) groups excluding carboxylic acids is 1. The Morgan fingerprint density at radius 3 is 2.57 bits per heavy atom. The molecule has 3 rings (SSSR count). The van der Waals surface area contributed by atoms with Gasteiger partial charge in [-0.2, -0.15) is 0 Å². The molecule has 0 spiro atoms. The van der Waals surface area contributed by atoms with Crippen LogP contribution in [0.25, 0.3) is 10.1 Å². The summed E-state index contributed by atoms with van der Waals surface area (Å²) in [6.07, 6.45) is 0. The summed E-state index contributed by atoms with van der Waals surface area (Å²) < 4.78 is 11.7. The average molecular weight is 367 g/mol. The van der Waals surface area contributed by atoms with E-state index in [0.717, 1.165) is 10.1 Å². The van der Waals surface area contributed by atoms with Crippen molar-refractivity contribution in [3.63, 3.8) is 0 Å². The topological polar surface area (TPSA) is 35.5 Å². The van der Waals surface area contributed by atoms with Gasteiger partial charge in [-0.25, -0.2) is 4.79 Å². The van der Waals surface area contributed by atoms with Crippen LogP contribution in [0, 0.1) is 0 Å². The van der Waals surface area contributed by atoms with E-state index in [4.69, 9.17) is 32.7 Å². The van der Waals surface area contributed by atoms with Crippen LogP contribution in [0.3, 0.4) is 0 Å². The molecule has 0 N–H and O–H groups in total. The predicted octanol–water partition coefficient (Wildman–Crippen LogP) is 5.44. The van der Waals surface area contributed by atoms with Gasteiger partial charge in [0, 0.05) is 20.1 Å². The highest BCUT2D eigenvalue weighted by Crippen LogP contribution is 2.31. The summed E-state index contributed by atoms with van der Waals surface area (Å²) in [6.45, 7) is 0.447. The summed E-state index contributed by atoms with van der Waals surface area (Å²) in [5.74, 6) is 0.307. The van der Waals surface area contributed by atoms with Crippen molar-refractivity contribution in [1.29, 1.82) is 0 Å². The van der Waals surface area contributed by atoms with E-state index in [9.17, 15) is 4.79 Å². The van der Waals surface area contributed by atoms with Crippen LogP contribution in [0.5, 0.6) is 5.75 Å². The zero-order valence-electron chi connectivity index (χ0n) is 11.9. The summed E-state index contributed by atoms with van der Waals surface area (Å²) in [5.41, 5.74) is 0. The Balaban J connectivity index is 1.54. The smallest absolute Gasteiger partial charge is 0.348 e. The first kappa shape index (κ1) is 16.1. The number of hydrogen-bond donors (Lipinski definition) is 0. The monoisotopic (exact) mass is 366 g/mol. The van der Waals surface area contributed by atoms with Gasteiger partial charge in [-0.1, -0.05) is 29.3 Å². The molecule has 0 radical (unpaired) electrons. The number of carbonyl (C=O) groups is 1. The molecule has 1 aromatic heterocycles. The maximum atomic E-state index is 12.1. The molecule has 23 heavy (non-hydrogen) atoms. The van der Waals surface area contributed by atoms with Crippen molar-refractivity contribution in [1.82, 2.24) is 0 Å². The van der Waals surface area contributed by atoms with E-state index in [1.54, 1.807) is 36.4 Å². The highest BCUT2D eigenvalue weighted by atomic mass is 35.5. The van der Waals surface area contributed by atoms with Crippen LogP contribution in [0.2, 0.25) is 10.0 Å². The third kappa shape index (κ3) is 3.96. The summed E-state index contributed by atoms with van der Waals surface area (Å²) in [7, 11) is 0. The fourth-order valence-corrected chi connectivity index (χ4v) is 3.41. The number of thiophene rings is 1. The van der Waals surface area contributed by atoms with Gasteiger partial charge in [0.1, 0.15) is 23.8 Å². The Morgan fingerprint density at radius 2 is 1.83 bits per heavy atom. The van der Waals surface area contributed by atoms with E-state index in [0.29, 0.717) is 20.7 Å². The number of hydrogen-bond acceptors (Lipinski definition) is 4. The maximum absolute atomic E-state index is 12.1. The molecule has 0 saturated heterocycles. The minimum absolute atomic E-state index is 0.170. The minimum atomic E-state index is -0.373. The quantitative estimate of drug-likeness (QED) is 0.445. The highest BCUT2D eigenvalue weighted by Gasteiger charge is 2.13. The number of esters is 1. The van der Waals surface area contributed by atoms with E-state index in [-0.39, 0.29) is 19.2 Å². The normalized spacial score (nSPS) is 10.7. The van der Waals surface area contributed by atoms with Gasteiger partial charge in [-0.15, -0.1) is 11.3 Å². The summed E-state index contributed by atoms with van der Waals surface area (Å²) in [6, 6.07) is 14.3. The molecule has 0 aliphatic heterocycles. The minimum Gasteiger partial charge on any atom is -0.490 e. The molecule has 3 nitrogen and oxygen atoms in total. The first-order valence-corrected chi connectivity index (χ1v) is 8.44. The molecule has 0 amide bonds. The van der Waals surface area contributed by atoms with E-state index in [1.807, 2.05) is 12.1 Å². The van der Waals surface area contributed by atoms with Crippen molar-refractivity contribution in [2.24, 2.45) is 0 Å². The zero-order chi connectivity index (χ0) is 16.2. The number of benzene rings is 2. The molecule has 0 aliphatic carbocycles.